The number of hydrogen-bond acceptors (Lipinski definition) is 4. The van der Waals surface area contributed by atoms with Gasteiger partial charge in [-0.05, 0) is 78.3 Å². The molecule has 8 atom stereocenters. The third-order valence-corrected chi connectivity index (χ3v) is 9.59. The second-order valence-corrected chi connectivity index (χ2v) is 10.5. The third-order valence-electron chi connectivity index (χ3n) is 9.59. The highest BCUT2D eigenvalue weighted by atomic mass is 16.7. The van der Waals surface area contributed by atoms with Crippen LogP contribution in [0.15, 0.2) is 11.6 Å². The van der Waals surface area contributed by atoms with E-state index in [2.05, 4.69) is 13.8 Å². The molecule has 0 spiro atoms. The van der Waals surface area contributed by atoms with Gasteiger partial charge in [0, 0.05) is 12.8 Å². The van der Waals surface area contributed by atoms with Gasteiger partial charge in [-0.3, -0.25) is 4.79 Å². The average molecular weight is 373 g/mol. The molecule has 2 heterocycles. The van der Waals surface area contributed by atoms with E-state index in [0.29, 0.717) is 35.1 Å². The zero-order valence-corrected chi connectivity index (χ0v) is 16.6. The van der Waals surface area contributed by atoms with E-state index in [-0.39, 0.29) is 17.8 Å². The molecule has 0 aromatic carbocycles. The number of carbonyl (C=O) groups excluding carboxylic acids is 1. The summed E-state index contributed by atoms with van der Waals surface area (Å²) < 4.78 is 17.9. The monoisotopic (exact) mass is 372 g/mol. The zero-order valence-electron chi connectivity index (χ0n) is 16.6. The summed E-state index contributed by atoms with van der Waals surface area (Å²) in [6.45, 7) is 6.50. The molecular formula is C23H32O4. The van der Waals surface area contributed by atoms with Gasteiger partial charge in [0.1, 0.15) is 6.10 Å². The van der Waals surface area contributed by atoms with Crippen molar-refractivity contribution in [2.45, 2.75) is 77.3 Å². The molecule has 27 heavy (non-hydrogen) atoms. The summed E-state index contributed by atoms with van der Waals surface area (Å²) >= 11 is 0. The maximum atomic E-state index is 12.1. The zero-order chi connectivity index (χ0) is 18.4. The highest BCUT2D eigenvalue weighted by Gasteiger charge is 2.68. The number of ketones is 1. The summed E-state index contributed by atoms with van der Waals surface area (Å²) in [4.78, 5) is 12.1. The van der Waals surface area contributed by atoms with E-state index in [9.17, 15) is 4.79 Å². The van der Waals surface area contributed by atoms with Crippen LogP contribution < -0.4 is 0 Å². The van der Waals surface area contributed by atoms with E-state index in [1.807, 2.05) is 6.08 Å². The highest BCUT2D eigenvalue weighted by Crippen LogP contribution is 2.70. The average Bonchev–Trinajstić information content (AvgIpc) is 3.13. The van der Waals surface area contributed by atoms with Crippen LogP contribution in [0.3, 0.4) is 0 Å². The molecule has 6 rings (SSSR count). The van der Waals surface area contributed by atoms with Crippen LogP contribution in [0, 0.1) is 34.5 Å². The smallest absolute Gasteiger partial charge is 0.158 e. The Morgan fingerprint density at radius 1 is 1.07 bits per heavy atom. The van der Waals surface area contributed by atoms with Gasteiger partial charge in [-0.15, -0.1) is 0 Å². The Hall–Kier alpha value is -0.710. The summed E-state index contributed by atoms with van der Waals surface area (Å²) in [5.41, 5.74) is 1.93. The number of rotatable bonds is 2. The predicted molar refractivity (Wildman–Crippen MR) is 99.9 cm³/mol. The van der Waals surface area contributed by atoms with E-state index in [0.717, 1.165) is 38.4 Å². The lowest BCUT2D eigenvalue weighted by Crippen LogP contribution is -2.53. The standard InChI is InChI=1S/C23H32O4/c1-22-8-6-16-19(15(22)4-3-13(22)11-18-25-9-10-26-18)21-20(27-21)17-12-14(24)5-7-23(16,17)2/h12-13,15-16,18-21H,3-11H2,1-2H3/t13-,15?,16?,19?,20-,21+,22-,23-/m1/s1. The van der Waals surface area contributed by atoms with Crippen LogP contribution in [0.4, 0.5) is 0 Å². The molecule has 4 aliphatic carbocycles. The maximum absolute atomic E-state index is 12.1. The topological polar surface area (TPSA) is 48.1 Å². The first-order chi connectivity index (χ1) is 13.0. The number of fused-ring (bicyclic) bond motifs is 8. The fraction of sp³-hybridized carbons (Fsp3) is 0.870. The number of epoxide rings is 1. The lowest BCUT2D eigenvalue weighted by molar-refractivity contribution is -0.117. The van der Waals surface area contributed by atoms with E-state index in [1.165, 1.54) is 31.3 Å². The third kappa shape index (κ3) is 2.30. The van der Waals surface area contributed by atoms with E-state index in [1.54, 1.807) is 0 Å². The Kier molecular flexibility index (Phi) is 3.61. The van der Waals surface area contributed by atoms with E-state index < -0.39 is 0 Å². The van der Waals surface area contributed by atoms with Crippen LogP contribution in [-0.4, -0.2) is 37.5 Å². The minimum absolute atomic E-state index is 0.0241. The van der Waals surface area contributed by atoms with Gasteiger partial charge in [0.15, 0.2) is 12.1 Å². The normalized spacial score (nSPS) is 54.0. The van der Waals surface area contributed by atoms with Gasteiger partial charge < -0.3 is 14.2 Å². The highest BCUT2D eigenvalue weighted by molar-refractivity contribution is 5.92. The van der Waals surface area contributed by atoms with Crippen LogP contribution in [0.2, 0.25) is 0 Å². The first-order valence-corrected chi connectivity index (χ1v) is 11.1. The van der Waals surface area contributed by atoms with Crippen LogP contribution in [0.5, 0.6) is 0 Å². The number of ether oxygens (including phenoxy) is 3. The molecule has 3 saturated carbocycles. The minimum atomic E-state index is 0.0241. The minimum Gasteiger partial charge on any atom is -0.365 e. The van der Waals surface area contributed by atoms with Gasteiger partial charge in [-0.25, -0.2) is 0 Å². The number of hydrogen-bond donors (Lipinski definition) is 0. The number of carbonyl (C=O) groups is 1. The van der Waals surface area contributed by atoms with Gasteiger partial charge in [0.25, 0.3) is 0 Å². The van der Waals surface area contributed by atoms with Crippen molar-refractivity contribution in [2.75, 3.05) is 13.2 Å². The first kappa shape index (κ1) is 17.2. The molecule has 3 unspecified atom stereocenters. The molecular weight excluding hydrogens is 340 g/mol. The van der Waals surface area contributed by atoms with Gasteiger partial charge in [0.05, 0.1) is 19.3 Å². The molecule has 4 nitrogen and oxygen atoms in total. The van der Waals surface area contributed by atoms with Crippen molar-refractivity contribution in [1.29, 1.82) is 0 Å². The fourth-order valence-electron chi connectivity index (χ4n) is 8.08. The summed E-state index contributed by atoms with van der Waals surface area (Å²) in [6.07, 6.45) is 10.7. The molecule has 4 heteroatoms. The molecule has 148 valence electrons. The van der Waals surface area contributed by atoms with Crippen LogP contribution in [0.1, 0.15) is 58.8 Å². The Bertz CT molecular complexity index is 694. The first-order valence-electron chi connectivity index (χ1n) is 11.1. The molecule has 2 saturated heterocycles. The van der Waals surface area contributed by atoms with Crippen molar-refractivity contribution in [3.8, 4) is 0 Å². The van der Waals surface area contributed by atoms with Crippen LogP contribution in [-0.2, 0) is 19.0 Å². The Labute approximate surface area is 162 Å². The second-order valence-electron chi connectivity index (χ2n) is 10.5. The van der Waals surface area contributed by atoms with Crippen molar-refractivity contribution < 1.29 is 19.0 Å². The van der Waals surface area contributed by atoms with Crippen molar-refractivity contribution in [3.63, 3.8) is 0 Å². The SMILES string of the molecule is C[C@]12CCC(=O)C=C1[C@H]1O[C@H]1C1C2CC[C@@]2(C)C1CC[C@@H]2CC1OCCO1. The Morgan fingerprint density at radius 2 is 1.89 bits per heavy atom. The van der Waals surface area contributed by atoms with Crippen molar-refractivity contribution in [2.24, 2.45) is 34.5 Å². The Morgan fingerprint density at radius 3 is 2.70 bits per heavy atom. The van der Waals surface area contributed by atoms with Gasteiger partial charge >= 0.3 is 0 Å². The van der Waals surface area contributed by atoms with Gasteiger partial charge in [-0.2, -0.15) is 0 Å². The van der Waals surface area contributed by atoms with Crippen LogP contribution in [0.25, 0.3) is 0 Å². The Balaban J connectivity index is 1.30. The van der Waals surface area contributed by atoms with Crippen molar-refractivity contribution in [1.82, 2.24) is 0 Å². The summed E-state index contributed by atoms with van der Waals surface area (Å²) in [5, 5.41) is 0. The van der Waals surface area contributed by atoms with Gasteiger partial charge in [-0.1, -0.05) is 13.8 Å². The lowest BCUT2D eigenvalue weighted by atomic mass is 9.46. The molecule has 2 aliphatic heterocycles. The van der Waals surface area contributed by atoms with E-state index >= 15 is 0 Å². The van der Waals surface area contributed by atoms with Crippen LogP contribution >= 0.6 is 0 Å². The van der Waals surface area contributed by atoms with Crippen molar-refractivity contribution >= 4 is 5.78 Å². The molecule has 5 fully saturated rings. The molecule has 0 radical (unpaired) electrons. The van der Waals surface area contributed by atoms with Gasteiger partial charge in [0.2, 0.25) is 0 Å². The molecule has 0 aromatic rings. The lowest BCUT2D eigenvalue weighted by Gasteiger charge is -2.56. The predicted octanol–water partition coefficient (Wildman–Crippen LogP) is 3.88. The molecule has 0 bridgehead atoms. The summed E-state index contributed by atoms with van der Waals surface area (Å²) in [6, 6.07) is 0. The second kappa shape index (κ2) is 5.67. The fourth-order valence-corrected chi connectivity index (χ4v) is 8.08. The van der Waals surface area contributed by atoms with E-state index in [4.69, 9.17) is 14.2 Å². The summed E-state index contributed by atoms with van der Waals surface area (Å²) in [7, 11) is 0. The maximum Gasteiger partial charge on any atom is 0.158 e. The largest absolute Gasteiger partial charge is 0.365 e. The molecule has 0 N–H and O–H groups in total. The molecule has 0 aromatic heterocycles. The quantitative estimate of drug-likeness (QED) is 0.690. The molecule has 0 amide bonds. The molecule has 6 aliphatic rings. The summed E-state index contributed by atoms with van der Waals surface area (Å²) in [5.74, 6) is 3.15. The van der Waals surface area contributed by atoms with Crippen molar-refractivity contribution in [3.05, 3.63) is 11.6 Å².